The lowest BCUT2D eigenvalue weighted by molar-refractivity contribution is -0.0523. The van der Waals surface area contributed by atoms with Crippen LogP contribution in [0.1, 0.15) is 6.92 Å². The van der Waals surface area contributed by atoms with E-state index in [4.69, 9.17) is 10.8 Å². The van der Waals surface area contributed by atoms with Gasteiger partial charge in [0.2, 0.25) is 0 Å². The Kier molecular flexibility index (Phi) is 2.42. The molecule has 1 aliphatic carbocycles. The molecule has 0 radical (unpaired) electrons. The molecule has 0 spiro atoms. The van der Waals surface area contributed by atoms with E-state index in [9.17, 15) is 15.3 Å². The fourth-order valence-electron chi connectivity index (χ4n) is 1.58. The molecule has 0 aromatic carbocycles. The Morgan fingerprint density at radius 3 is 1.92 bits per heavy atom. The summed E-state index contributed by atoms with van der Waals surface area (Å²) in [5.41, 5.74) is 4.50. The van der Waals surface area contributed by atoms with Gasteiger partial charge >= 0.3 is 0 Å². The molecule has 5 heteroatoms. The SMILES string of the molecule is C[C@@]1(CO)[C@H](N)[C@H](O)[C@@H](O)[C@@H]1O. The summed E-state index contributed by atoms with van der Waals surface area (Å²) in [4.78, 5) is 0. The molecule has 0 heterocycles. The molecular weight excluding hydrogens is 162 g/mol. The standard InChI is InChI=1S/C7H15NO4/c1-7(2-9)5(8)3(10)4(11)6(7)12/h3-6,9-12H,2,8H2,1H3/t3-,4-,5-,6+,7-/m1/s1. The highest BCUT2D eigenvalue weighted by atomic mass is 16.4. The van der Waals surface area contributed by atoms with Gasteiger partial charge in [-0.1, -0.05) is 6.92 Å². The third kappa shape index (κ3) is 1.06. The normalized spacial score (nSPS) is 54.5. The highest BCUT2D eigenvalue weighted by Crippen LogP contribution is 2.36. The van der Waals surface area contributed by atoms with Crippen molar-refractivity contribution in [2.75, 3.05) is 6.61 Å². The van der Waals surface area contributed by atoms with Crippen LogP contribution in [0, 0.1) is 5.41 Å². The second kappa shape index (κ2) is 2.93. The van der Waals surface area contributed by atoms with Crippen LogP contribution in [0.25, 0.3) is 0 Å². The van der Waals surface area contributed by atoms with Gasteiger partial charge in [-0.2, -0.15) is 0 Å². The smallest absolute Gasteiger partial charge is 0.108 e. The van der Waals surface area contributed by atoms with Gasteiger partial charge in [-0.05, 0) is 0 Å². The fourth-order valence-corrected chi connectivity index (χ4v) is 1.58. The van der Waals surface area contributed by atoms with Crippen LogP contribution >= 0.6 is 0 Å². The summed E-state index contributed by atoms with van der Waals surface area (Å²) in [6, 6.07) is -0.799. The topological polar surface area (TPSA) is 107 Å². The second-order valence-corrected chi connectivity index (χ2v) is 3.62. The molecule has 5 atom stereocenters. The fraction of sp³-hybridized carbons (Fsp3) is 1.00. The summed E-state index contributed by atoms with van der Waals surface area (Å²) in [5, 5.41) is 36.8. The Bertz CT molecular complexity index is 161. The molecule has 1 rings (SSSR count). The van der Waals surface area contributed by atoms with E-state index in [1.54, 1.807) is 0 Å². The molecule has 12 heavy (non-hydrogen) atoms. The number of rotatable bonds is 1. The summed E-state index contributed by atoms with van der Waals surface area (Å²) >= 11 is 0. The number of aliphatic hydroxyl groups excluding tert-OH is 4. The van der Waals surface area contributed by atoms with E-state index in [2.05, 4.69) is 0 Å². The van der Waals surface area contributed by atoms with Gasteiger partial charge in [-0.15, -0.1) is 0 Å². The highest BCUT2D eigenvalue weighted by Gasteiger charge is 2.54. The third-order valence-corrected chi connectivity index (χ3v) is 2.82. The highest BCUT2D eigenvalue weighted by molar-refractivity contribution is 5.07. The Balaban J connectivity index is 2.90. The van der Waals surface area contributed by atoms with Gasteiger partial charge in [0.05, 0.1) is 18.8 Å². The Morgan fingerprint density at radius 2 is 1.75 bits per heavy atom. The van der Waals surface area contributed by atoms with Crippen molar-refractivity contribution >= 4 is 0 Å². The lowest BCUT2D eigenvalue weighted by Crippen LogP contribution is -2.47. The van der Waals surface area contributed by atoms with Crippen LogP contribution in [-0.2, 0) is 0 Å². The van der Waals surface area contributed by atoms with Gasteiger partial charge in [0.1, 0.15) is 6.10 Å². The van der Waals surface area contributed by atoms with Gasteiger partial charge in [0.25, 0.3) is 0 Å². The Labute approximate surface area is 70.4 Å². The first-order chi connectivity index (χ1) is 5.45. The summed E-state index contributed by atoms with van der Waals surface area (Å²) in [6.45, 7) is 1.17. The van der Waals surface area contributed by atoms with Crippen LogP contribution in [0.4, 0.5) is 0 Å². The molecule has 1 aliphatic rings. The summed E-state index contributed by atoms with van der Waals surface area (Å²) in [6.07, 6.45) is -3.61. The monoisotopic (exact) mass is 177 g/mol. The molecule has 6 N–H and O–H groups in total. The van der Waals surface area contributed by atoms with Gasteiger partial charge in [0.15, 0.2) is 0 Å². The second-order valence-electron chi connectivity index (χ2n) is 3.62. The molecule has 72 valence electrons. The minimum Gasteiger partial charge on any atom is -0.396 e. The summed E-state index contributed by atoms with van der Waals surface area (Å²) in [5.74, 6) is 0. The van der Waals surface area contributed by atoms with Crippen molar-refractivity contribution in [3.8, 4) is 0 Å². The minimum atomic E-state index is -1.27. The zero-order valence-electron chi connectivity index (χ0n) is 6.88. The van der Waals surface area contributed by atoms with E-state index in [1.165, 1.54) is 6.92 Å². The van der Waals surface area contributed by atoms with Crippen molar-refractivity contribution in [1.29, 1.82) is 0 Å². The predicted octanol–water partition coefficient (Wildman–Crippen LogP) is -2.59. The molecular formula is C7H15NO4. The number of hydrogen-bond donors (Lipinski definition) is 5. The van der Waals surface area contributed by atoms with Crippen molar-refractivity contribution in [3.63, 3.8) is 0 Å². The molecule has 0 unspecified atom stereocenters. The first kappa shape index (κ1) is 9.88. The molecule has 1 fully saturated rings. The lowest BCUT2D eigenvalue weighted by atomic mass is 9.84. The molecule has 0 aromatic rings. The van der Waals surface area contributed by atoms with Crippen molar-refractivity contribution < 1.29 is 20.4 Å². The average molecular weight is 177 g/mol. The minimum absolute atomic E-state index is 0.358. The molecule has 0 bridgehead atoms. The number of nitrogens with two attached hydrogens (primary N) is 1. The molecule has 0 aromatic heterocycles. The quantitative estimate of drug-likeness (QED) is 0.302. The summed E-state index contributed by atoms with van der Waals surface area (Å²) in [7, 11) is 0. The van der Waals surface area contributed by atoms with E-state index >= 15 is 0 Å². The molecule has 0 amide bonds. The zero-order chi connectivity index (χ0) is 9.52. The maximum absolute atomic E-state index is 9.41. The van der Waals surface area contributed by atoms with Crippen LogP contribution in [0.5, 0.6) is 0 Å². The molecule has 0 aliphatic heterocycles. The average Bonchev–Trinajstić information content (AvgIpc) is 2.22. The Hall–Kier alpha value is -0.200. The third-order valence-electron chi connectivity index (χ3n) is 2.82. The lowest BCUT2D eigenvalue weighted by Gasteiger charge is -2.29. The molecule has 0 saturated heterocycles. The largest absolute Gasteiger partial charge is 0.396 e. The van der Waals surface area contributed by atoms with Crippen LogP contribution in [0.15, 0.2) is 0 Å². The zero-order valence-corrected chi connectivity index (χ0v) is 6.88. The van der Waals surface area contributed by atoms with Crippen molar-refractivity contribution in [3.05, 3.63) is 0 Å². The Morgan fingerprint density at radius 1 is 1.25 bits per heavy atom. The first-order valence-electron chi connectivity index (χ1n) is 3.86. The molecule has 5 nitrogen and oxygen atoms in total. The van der Waals surface area contributed by atoms with E-state index in [-0.39, 0.29) is 6.61 Å². The maximum Gasteiger partial charge on any atom is 0.108 e. The van der Waals surface area contributed by atoms with Crippen molar-refractivity contribution in [2.24, 2.45) is 11.1 Å². The van der Waals surface area contributed by atoms with Gasteiger partial charge in [0, 0.05) is 11.5 Å². The van der Waals surface area contributed by atoms with Crippen LogP contribution in [0.3, 0.4) is 0 Å². The van der Waals surface area contributed by atoms with Crippen molar-refractivity contribution in [2.45, 2.75) is 31.3 Å². The van der Waals surface area contributed by atoms with Gasteiger partial charge < -0.3 is 26.2 Å². The van der Waals surface area contributed by atoms with E-state index < -0.39 is 29.8 Å². The van der Waals surface area contributed by atoms with Gasteiger partial charge in [-0.3, -0.25) is 0 Å². The van der Waals surface area contributed by atoms with E-state index in [0.717, 1.165) is 0 Å². The summed E-state index contributed by atoms with van der Waals surface area (Å²) < 4.78 is 0. The first-order valence-corrected chi connectivity index (χ1v) is 3.86. The van der Waals surface area contributed by atoms with Crippen LogP contribution in [-0.4, -0.2) is 51.4 Å². The number of aliphatic hydroxyl groups is 4. The van der Waals surface area contributed by atoms with Crippen LogP contribution in [0.2, 0.25) is 0 Å². The van der Waals surface area contributed by atoms with Crippen molar-refractivity contribution in [1.82, 2.24) is 0 Å². The van der Waals surface area contributed by atoms with E-state index in [1.807, 2.05) is 0 Å². The van der Waals surface area contributed by atoms with Crippen LogP contribution < -0.4 is 5.73 Å². The predicted molar refractivity (Wildman–Crippen MR) is 41.2 cm³/mol. The maximum atomic E-state index is 9.41. The molecule has 1 saturated carbocycles. The van der Waals surface area contributed by atoms with E-state index in [0.29, 0.717) is 0 Å². The van der Waals surface area contributed by atoms with Gasteiger partial charge in [-0.25, -0.2) is 0 Å². The number of hydrogen-bond acceptors (Lipinski definition) is 5.